The van der Waals surface area contributed by atoms with Gasteiger partial charge in [0.25, 0.3) is 0 Å². The zero-order chi connectivity index (χ0) is 10.8. The quantitative estimate of drug-likeness (QED) is 0.774. The van der Waals surface area contributed by atoms with Gasteiger partial charge in [0.05, 0.1) is 18.8 Å². The minimum atomic E-state index is -0.201. The summed E-state index contributed by atoms with van der Waals surface area (Å²) in [5.74, 6) is 0. The molecule has 0 bridgehead atoms. The van der Waals surface area contributed by atoms with Crippen molar-refractivity contribution >= 4 is 0 Å². The van der Waals surface area contributed by atoms with E-state index in [-0.39, 0.29) is 17.6 Å². The van der Waals surface area contributed by atoms with Crippen molar-refractivity contribution in [3.05, 3.63) is 0 Å². The van der Waals surface area contributed by atoms with Gasteiger partial charge in [-0.25, -0.2) is 0 Å². The van der Waals surface area contributed by atoms with Crippen molar-refractivity contribution in [3.8, 4) is 0 Å². The second-order valence-corrected chi connectivity index (χ2v) is 5.02. The fourth-order valence-corrected chi connectivity index (χ4v) is 3.13. The average Bonchev–Trinajstić information content (AvgIpc) is 2.18. The molecule has 88 valence electrons. The maximum absolute atomic E-state index is 9.65. The Morgan fingerprint density at radius 3 is 2.40 bits per heavy atom. The van der Waals surface area contributed by atoms with Crippen LogP contribution in [-0.4, -0.2) is 37.6 Å². The van der Waals surface area contributed by atoms with Gasteiger partial charge in [-0.1, -0.05) is 6.42 Å². The molecule has 1 aliphatic carbocycles. The Labute approximate surface area is 91.8 Å². The van der Waals surface area contributed by atoms with Gasteiger partial charge >= 0.3 is 0 Å². The standard InChI is InChI=1S/C12H22O3/c1-14-10-12(7-2-3-8-15-12)11(9-13)5-4-6-11/h13H,2-10H2,1H3. The molecule has 2 aliphatic rings. The van der Waals surface area contributed by atoms with Crippen molar-refractivity contribution in [3.63, 3.8) is 0 Å². The fraction of sp³-hybridized carbons (Fsp3) is 1.00. The largest absolute Gasteiger partial charge is 0.396 e. The third-order valence-electron chi connectivity index (χ3n) is 4.31. The molecule has 2 fully saturated rings. The number of aliphatic hydroxyl groups excluding tert-OH is 1. The Kier molecular flexibility index (Phi) is 3.33. The van der Waals surface area contributed by atoms with E-state index in [1.807, 2.05) is 0 Å². The fourth-order valence-electron chi connectivity index (χ4n) is 3.13. The van der Waals surface area contributed by atoms with Gasteiger partial charge in [0.2, 0.25) is 0 Å². The van der Waals surface area contributed by atoms with Crippen molar-refractivity contribution in [1.82, 2.24) is 0 Å². The highest BCUT2D eigenvalue weighted by Gasteiger charge is 2.55. The molecule has 0 aromatic rings. The van der Waals surface area contributed by atoms with Gasteiger partial charge in [0.15, 0.2) is 0 Å². The van der Waals surface area contributed by atoms with Gasteiger partial charge in [-0.15, -0.1) is 0 Å². The normalized spacial score (nSPS) is 34.8. The van der Waals surface area contributed by atoms with Gasteiger partial charge < -0.3 is 14.6 Å². The molecule has 1 aliphatic heterocycles. The van der Waals surface area contributed by atoms with Gasteiger partial charge in [-0.2, -0.15) is 0 Å². The second kappa shape index (κ2) is 4.40. The summed E-state index contributed by atoms with van der Waals surface area (Å²) in [6.45, 7) is 1.70. The van der Waals surface area contributed by atoms with Crippen molar-refractivity contribution in [1.29, 1.82) is 0 Å². The first-order valence-electron chi connectivity index (χ1n) is 6.02. The lowest BCUT2D eigenvalue weighted by Crippen LogP contribution is -2.60. The van der Waals surface area contributed by atoms with Crippen LogP contribution in [-0.2, 0) is 9.47 Å². The predicted octanol–water partition coefficient (Wildman–Crippen LogP) is 1.73. The van der Waals surface area contributed by atoms with E-state index in [1.54, 1.807) is 7.11 Å². The molecule has 1 heterocycles. The molecule has 0 amide bonds. The molecule has 15 heavy (non-hydrogen) atoms. The van der Waals surface area contributed by atoms with Crippen LogP contribution in [0.2, 0.25) is 0 Å². The minimum Gasteiger partial charge on any atom is -0.396 e. The third kappa shape index (κ3) is 1.71. The highest BCUT2D eigenvalue weighted by atomic mass is 16.5. The van der Waals surface area contributed by atoms with Gasteiger partial charge in [0, 0.05) is 19.1 Å². The average molecular weight is 214 g/mol. The lowest BCUT2D eigenvalue weighted by molar-refractivity contribution is -0.224. The lowest BCUT2D eigenvalue weighted by atomic mass is 9.57. The van der Waals surface area contributed by atoms with E-state index in [4.69, 9.17) is 9.47 Å². The van der Waals surface area contributed by atoms with Gasteiger partial charge in [-0.05, 0) is 32.1 Å². The Morgan fingerprint density at radius 2 is 2.00 bits per heavy atom. The summed E-state index contributed by atoms with van der Waals surface area (Å²) < 4.78 is 11.4. The zero-order valence-corrected chi connectivity index (χ0v) is 9.63. The molecule has 1 saturated heterocycles. The van der Waals surface area contributed by atoms with Gasteiger partial charge in [-0.3, -0.25) is 0 Å². The van der Waals surface area contributed by atoms with Crippen LogP contribution in [0.15, 0.2) is 0 Å². The van der Waals surface area contributed by atoms with Crippen LogP contribution in [0.1, 0.15) is 38.5 Å². The molecular weight excluding hydrogens is 192 g/mol. The Hall–Kier alpha value is -0.120. The predicted molar refractivity (Wildman–Crippen MR) is 57.8 cm³/mol. The summed E-state index contributed by atoms with van der Waals surface area (Å²) in [6.07, 6.45) is 6.79. The number of hydrogen-bond acceptors (Lipinski definition) is 3. The molecule has 0 spiro atoms. The van der Waals surface area contributed by atoms with Crippen LogP contribution >= 0.6 is 0 Å². The molecule has 1 saturated carbocycles. The number of ether oxygens (including phenoxy) is 2. The van der Waals surface area contributed by atoms with Crippen LogP contribution < -0.4 is 0 Å². The summed E-state index contributed by atoms with van der Waals surface area (Å²) in [4.78, 5) is 0. The van der Waals surface area contributed by atoms with Crippen molar-refractivity contribution < 1.29 is 14.6 Å². The molecule has 2 rings (SSSR count). The SMILES string of the molecule is COCC1(C2(CO)CCC2)CCCCO1. The van der Waals surface area contributed by atoms with Crippen LogP contribution in [0.3, 0.4) is 0 Å². The van der Waals surface area contributed by atoms with Crippen LogP contribution in [0.4, 0.5) is 0 Å². The summed E-state index contributed by atoms with van der Waals surface area (Å²) in [5.41, 5.74) is -0.212. The van der Waals surface area contributed by atoms with Crippen molar-refractivity contribution in [2.24, 2.45) is 5.41 Å². The first kappa shape index (κ1) is 11.4. The van der Waals surface area contributed by atoms with E-state index in [2.05, 4.69) is 0 Å². The number of rotatable bonds is 4. The van der Waals surface area contributed by atoms with E-state index >= 15 is 0 Å². The molecule has 3 nitrogen and oxygen atoms in total. The van der Waals surface area contributed by atoms with E-state index in [1.165, 1.54) is 12.8 Å². The molecule has 0 radical (unpaired) electrons. The molecule has 0 aromatic heterocycles. The molecule has 0 aromatic carbocycles. The topological polar surface area (TPSA) is 38.7 Å². The smallest absolute Gasteiger partial charge is 0.0992 e. The van der Waals surface area contributed by atoms with Crippen LogP contribution in [0, 0.1) is 5.41 Å². The molecule has 3 heteroatoms. The maximum Gasteiger partial charge on any atom is 0.0992 e. The number of hydrogen-bond donors (Lipinski definition) is 1. The van der Waals surface area contributed by atoms with E-state index in [9.17, 15) is 5.11 Å². The van der Waals surface area contributed by atoms with Crippen molar-refractivity contribution in [2.45, 2.75) is 44.1 Å². The number of methoxy groups -OCH3 is 1. The van der Waals surface area contributed by atoms with Crippen molar-refractivity contribution in [2.75, 3.05) is 26.9 Å². The Bertz CT molecular complexity index is 194. The molecule has 1 unspecified atom stereocenters. The zero-order valence-electron chi connectivity index (χ0n) is 9.63. The van der Waals surface area contributed by atoms with E-state index < -0.39 is 0 Å². The number of aliphatic hydroxyl groups is 1. The Morgan fingerprint density at radius 1 is 1.20 bits per heavy atom. The summed E-state index contributed by atoms with van der Waals surface area (Å²) in [5, 5.41) is 9.65. The highest BCUT2D eigenvalue weighted by molar-refractivity contribution is 5.05. The maximum atomic E-state index is 9.65. The van der Waals surface area contributed by atoms with Gasteiger partial charge in [0.1, 0.15) is 0 Å². The van der Waals surface area contributed by atoms with E-state index in [0.717, 1.165) is 32.3 Å². The second-order valence-electron chi connectivity index (χ2n) is 5.02. The summed E-state index contributed by atoms with van der Waals surface area (Å²) in [6, 6.07) is 0. The first-order valence-corrected chi connectivity index (χ1v) is 6.02. The lowest BCUT2D eigenvalue weighted by Gasteiger charge is -2.56. The van der Waals surface area contributed by atoms with E-state index in [0.29, 0.717) is 6.61 Å². The molecular formula is C12H22O3. The minimum absolute atomic E-state index is 0.0105. The monoisotopic (exact) mass is 214 g/mol. The summed E-state index contributed by atoms with van der Waals surface area (Å²) >= 11 is 0. The third-order valence-corrected chi connectivity index (χ3v) is 4.31. The Balaban J connectivity index is 2.15. The van der Waals surface area contributed by atoms with Crippen LogP contribution in [0.5, 0.6) is 0 Å². The molecule has 1 atom stereocenters. The molecule has 1 N–H and O–H groups in total. The van der Waals surface area contributed by atoms with Crippen LogP contribution in [0.25, 0.3) is 0 Å². The first-order chi connectivity index (χ1) is 7.29. The summed E-state index contributed by atoms with van der Waals surface area (Å²) in [7, 11) is 1.73. The highest BCUT2D eigenvalue weighted by Crippen LogP contribution is 2.53.